The van der Waals surface area contributed by atoms with Gasteiger partial charge in [0.2, 0.25) is 0 Å². The monoisotopic (exact) mass is 223 g/mol. The van der Waals surface area contributed by atoms with Crippen LogP contribution in [-0.4, -0.2) is 24.4 Å². The lowest BCUT2D eigenvalue weighted by molar-refractivity contribution is 0.426. The smallest absolute Gasteiger partial charge is 0.423 e. The third kappa shape index (κ3) is 3.90. The van der Waals surface area contributed by atoms with Crippen molar-refractivity contribution in [2.75, 3.05) is 0 Å². The van der Waals surface area contributed by atoms with E-state index in [4.69, 9.17) is 21.6 Å². The molecule has 1 rings (SSSR count). The molecule has 15 heavy (non-hydrogen) atoms. The van der Waals surface area contributed by atoms with Gasteiger partial charge in [-0.25, -0.2) is 0 Å². The van der Waals surface area contributed by atoms with Gasteiger partial charge < -0.3 is 10.0 Å². The molecule has 0 amide bonds. The SMILES string of the molecule is CC(C)(C)[B]c1ccc(B(O)O)cc1Cl. The lowest BCUT2D eigenvalue weighted by Crippen LogP contribution is -2.33. The molecular weight excluding hydrogens is 209 g/mol. The van der Waals surface area contributed by atoms with Crippen LogP contribution < -0.4 is 10.9 Å². The van der Waals surface area contributed by atoms with E-state index >= 15 is 0 Å². The van der Waals surface area contributed by atoms with E-state index in [2.05, 4.69) is 20.8 Å². The highest BCUT2D eigenvalue weighted by atomic mass is 35.5. The predicted molar refractivity (Wildman–Crippen MR) is 66.4 cm³/mol. The van der Waals surface area contributed by atoms with Crippen molar-refractivity contribution in [1.82, 2.24) is 0 Å². The van der Waals surface area contributed by atoms with Crippen molar-refractivity contribution in [3.05, 3.63) is 23.2 Å². The van der Waals surface area contributed by atoms with Gasteiger partial charge in [0, 0.05) is 5.02 Å². The Bertz CT molecular complexity index is 348. The third-order valence-corrected chi connectivity index (χ3v) is 2.24. The van der Waals surface area contributed by atoms with Gasteiger partial charge in [0.1, 0.15) is 0 Å². The first kappa shape index (κ1) is 12.6. The van der Waals surface area contributed by atoms with Gasteiger partial charge in [-0.15, -0.1) is 0 Å². The molecule has 1 aromatic carbocycles. The maximum absolute atomic E-state index is 8.96. The van der Waals surface area contributed by atoms with Crippen LogP contribution >= 0.6 is 11.6 Å². The molecular formula is C10H14B2ClO2. The van der Waals surface area contributed by atoms with E-state index in [1.807, 2.05) is 7.28 Å². The molecule has 0 saturated heterocycles. The molecule has 0 aliphatic rings. The molecule has 2 nitrogen and oxygen atoms in total. The van der Waals surface area contributed by atoms with Gasteiger partial charge in [-0.3, -0.25) is 0 Å². The molecule has 0 aliphatic heterocycles. The molecule has 0 atom stereocenters. The Morgan fingerprint density at radius 1 is 1.27 bits per heavy atom. The molecule has 2 N–H and O–H groups in total. The fourth-order valence-electron chi connectivity index (χ4n) is 1.29. The van der Waals surface area contributed by atoms with Crippen molar-refractivity contribution in [1.29, 1.82) is 0 Å². The zero-order valence-electron chi connectivity index (χ0n) is 9.16. The average molecular weight is 223 g/mol. The van der Waals surface area contributed by atoms with E-state index in [-0.39, 0.29) is 5.31 Å². The van der Waals surface area contributed by atoms with Gasteiger partial charge in [-0.1, -0.05) is 55.3 Å². The predicted octanol–water partition coefficient (Wildman–Crippen LogP) is 0.568. The quantitative estimate of drug-likeness (QED) is 0.720. The van der Waals surface area contributed by atoms with E-state index < -0.39 is 7.12 Å². The summed E-state index contributed by atoms with van der Waals surface area (Å²) in [5.74, 6) is 0. The molecule has 0 bridgehead atoms. The highest BCUT2D eigenvalue weighted by Crippen LogP contribution is 2.20. The van der Waals surface area contributed by atoms with Crippen molar-refractivity contribution in [3.8, 4) is 0 Å². The molecule has 0 fully saturated rings. The van der Waals surface area contributed by atoms with Gasteiger partial charge in [0.15, 0.2) is 7.28 Å². The first-order valence-electron chi connectivity index (χ1n) is 4.81. The normalized spacial score (nSPS) is 11.3. The highest BCUT2D eigenvalue weighted by Gasteiger charge is 2.17. The van der Waals surface area contributed by atoms with Gasteiger partial charge in [0.25, 0.3) is 0 Å². The second kappa shape index (κ2) is 4.60. The minimum Gasteiger partial charge on any atom is -0.423 e. The molecule has 0 aliphatic carbocycles. The molecule has 79 valence electrons. The first-order chi connectivity index (χ1) is 6.79. The van der Waals surface area contributed by atoms with Crippen LogP contribution in [0.5, 0.6) is 0 Å². The summed E-state index contributed by atoms with van der Waals surface area (Å²) in [5, 5.41) is 18.5. The molecule has 0 saturated carbocycles. The van der Waals surface area contributed by atoms with Crippen molar-refractivity contribution >= 4 is 36.9 Å². The number of hydrogen-bond donors (Lipinski definition) is 2. The highest BCUT2D eigenvalue weighted by molar-refractivity contribution is 6.63. The van der Waals surface area contributed by atoms with E-state index in [1.165, 1.54) is 0 Å². The summed E-state index contributed by atoms with van der Waals surface area (Å²) >= 11 is 6.03. The van der Waals surface area contributed by atoms with Gasteiger partial charge in [-0.05, 0) is 11.5 Å². The first-order valence-corrected chi connectivity index (χ1v) is 5.19. The summed E-state index contributed by atoms with van der Waals surface area (Å²) in [6.07, 6.45) is 0. The molecule has 0 aromatic heterocycles. The van der Waals surface area contributed by atoms with Crippen LogP contribution in [0, 0.1) is 0 Å². The van der Waals surface area contributed by atoms with E-state index in [9.17, 15) is 0 Å². The van der Waals surface area contributed by atoms with E-state index in [1.54, 1.807) is 18.2 Å². The van der Waals surface area contributed by atoms with Crippen molar-refractivity contribution in [3.63, 3.8) is 0 Å². The van der Waals surface area contributed by atoms with Crippen LogP contribution in [-0.2, 0) is 0 Å². The lowest BCUT2D eigenvalue weighted by Gasteiger charge is -2.17. The van der Waals surface area contributed by atoms with Crippen LogP contribution in [0.1, 0.15) is 20.8 Å². The minimum absolute atomic E-state index is 0.0446. The van der Waals surface area contributed by atoms with Crippen LogP contribution in [0.25, 0.3) is 0 Å². The summed E-state index contributed by atoms with van der Waals surface area (Å²) in [4.78, 5) is 0. The fraction of sp³-hybridized carbons (Fsp3) is 0.400. The zero-order chi connectivity index (χ0) is 11.6. The van der Waals surface area contributed by atoms with Crippen LogP contribution in [0.2, 0.25) is 10.3 Å². The lowest BCUT2D eigenvalue weighted by atomic mass is 9.51. The molecule has 0 heterocycles. The Hall–Kier alpha value is -0.440. The fourth-order valence-corrected chi connectivity index (χ4v) is 1.53. The minimum atomic E-state index is -1.47. The van der Waals surface area contributed by atoms with Crippen LogP contribution in [0.3, 0.4) is 0 Å². The number of rotatable bonds is 2. The van der Waals surface area contributed by atoms with E-state index in [0.717, 1.165) is 5.46 Å². The summed E-state index contributed by atoms with van der Waals surface area (Å²) in [5.41, 5.74) is 1.32. The van der Waals surface area contributed by atoms with Gasteiger partial charge in [-0.2, -0.15) is 0 Å². The van der Waals surface area contributed by atoms with Crippen LogP contribution in [0.4, 0.5) is 0 Å². The Morgan fingerprint density at radius 3 is 2.27 bits per heavy atom. The largest absolute Gasteiger partial charge is 0.488 e. The molecule has 0 unspecified atom stereocenters. The van der Waals surface area contributed by atoms with Crippen molar-refractivity contribution < 1.29 is 10.0 Å². The Morgan fingerprint density at radius 2 is 1.87 bits per heavy atom. The second-order valence-corrected chi connectivity index (χ2v) is 5.07. The van der Waals surface area contributed by atoms with Crippen molar-refractivity contribution in [2.45, 2.75) is 26.1 Å². The van der Waals surface area contributed by atoms with Gasteiger partial charge in [0.05, 0.1) is 0 Å². The number of halogens is 1. The standard InChI is InChI=1S/C10H14B2ClO2/c1-10(2,3)11-8-5-4-7(12(14)15)6-9(8)13/h4-6,14-15H,1-3H3. The second-order valence-electron chi connectivity index (χ2n) is 4.66. The molecule has 1 radical (unpaired) electrons. The average Bonchev–Trinajstić information content (AvgIpc) is 2.05. The summed E-state index contributed by atoms with van der Waals surface area (Å²) in [6.45, 7) is 6.24. The Labute approximate surface area is 96.7 Å². The maximum atomic E-state index is 8.96. The van der Waals surface area contributed by atoms with E-state index in [0.29, 0.717) is 10.5 Å². The Balaban J connectivity index is 2.94. The number of benzene rings is 1. The van der Waals surface area contributed by atoms with Crippen molar-refractivity contribution in [2.24, 2.45) is 0 Å². The molecule has 5 heteroatoms. The van der Waals surface area contributed by atoms with Crippen LogP contribution in [0.15, 0.2) is 18.2 Å². The topological polar surface area (TPSA) is 40.5 Å². The molecule has 0 spiro atoms. The summed E-state index contributed by atoms with van der Waals surface area (Å²) in [6, 6.07) is 5.03. The van der Waals surface area contributed by atoms with Gasteiger partial charge >= 0.3 is 7.12 Å². The maximum Gasteiger partial charge on any atom is 0.488 e. The zero-order valence-corrected chi connectivity index (χ0v) is 9.92. The number of hydrogen-bond acceptors (Lipinski definition) is 2. The summed E-state index contributed by atoms with van der Waals surface area (Å²) < 4.78 is 0. The third-order valence-electron chi connectivity index (χ3n) is 1.91. The summed E-state index contributed by atoms with van der Waals surface area (Å²) in [7, 11) is 0.578. The Kier molecular flexibility index (Phi) is 3.87. The molecule has 1 aromatic rings.